The van der Waals surface area contributed by atoms with E-state index in [4.69, 9.17) is 4.74 Å². The summed E-state index contributed by atoms with van der Waals surface area (Å²) in [5.41, 5.74) is 1.03. The van der Waals surface area contributed by atoms with Crippen molar-refractivity contribution in [3.63, 3.8) is 0 Å². The second-order valence-corrected chi connectivity index (χ2v) is 6.31. The second kappa shape index (κ2) is 6.71. The van der Waals surface area contributed by atoms with Crippen molar-refractivity contribution < 1.29 is 13.2 Å². The average molecular weight is 306 g/mol. The lowest BCUT2D eigenvalue weighted by atomic mass is 10.2. The van der Waals surface area contributed by atoms with E-state index in [1.54, 1.807) is 12.1 Å². The monoisotopic (exact) mass is 306 g/mol. The molecule has 0 atom stereocenters. The zero-order valence-corrected chi connectivity index (χ0v) is 12.8. The highest BCUT2D eigenvalue weighted by Crippen LogP contribution is 2.26. The quantitative estimate of drug-likeness (QED) is 0.858. The van der Waals surface area contributed by atoms with Crippen LogP contribution in [-0.2, 0) is 16.6 Å². The third-order valence-corrected chi connectivity index (χ3v) is 4.40. The predicted molar refractivity (Wildman–Crippen MR) is 82.0 cm³/mol. The van der Waals surface area contributed by atoms with Crippen LogP contribution in [0.2, 0.25) is 0 Å². The minimum atomic E-state index is -3.42. The van der Waals surface area contributed by atoms with E-state index in [2.05, 4.69) is 10.0 Å². The number of sulfonamides is 1. The van der Waals surface area contributed by atoms with Gasteiger partial charge in [0.1, 0.15) is 11.5 Å². The lowest BCUT2D eigenvalue weighted by Crippen LogP contribution is -2.18. The van der Waals surface area contributed by atoms with Gasteiger partial charge in [0.25, 0.3) is 0 Å². The minimum Gasteiger partial charge on any atom is -0.457 e. The van der Waals surface area contributed by atoms with Crippen molar-refractivity contribution in [2.45, 2.75) is 11.4 Å². The molecule has 6 heteroatoms. The van der Waals surface area contributed by atoms with E-state index in [0.29, 0.717) is 12.3 Å². The van der Waals surface area contributed by atoms with Crippen LogP contribution in [0.15, 0.2) is 53.4 Å². The summed E-state index contributed by atoms with van der Waals surface area (Å²) in [6.07, 6.45) is 0. The lowest BCUT2D eigenvalue weighted by Gasteiger charge is -2.11. The van der Waals surface area contributed by atoms with Gasteiger partial charge < -0.3 is 10.1 Å². The van der Waals surface area contributed by atoms with E-state index in [-0.39, 0.29) is 4.90 Å². The molecular formula is C15H18N2O3S. The summed E-state index contributed by atoms with van der Waals surface area (Å²) in [5, 5.41) is 3.08. The summed E-state index contributed by atoms with van der Waals surface area (Å²) in [6.45, 7) is 0.697. The maximum absolute atomic E-state index is 11.6. The van der Waals surface area contributed by atoms with E-state index < -0.39 is 10.0 Å². The molecule has 0 spiro atoms. The van der Waals surface area contributed by atoms with Crippen LogP contribution in [0.25, 0.3) is 0 Å². The van der Waals surface area contributed by atoms with Gasteiger partial charge in [0, 0.05) is 12.1 Å². The molecule has 2 rings (SSSR count). The van der Waals surface area contributed by atoms with Gasteiger partial charge in [-0.2, -0.15) is 0 Å². The van der Waals surface area contributed by atoms with Crippen LogP contribution in [0, 0.1) is 0 Å². The number of ether oxygens (including phenoxy) is 1. The first-order valence-corrected chi connectivity index (χ1v) is 7.99. The van der Waals surface area contributed by atoms with Crippen LogP contribution in [0.3, 0.4) is 0 Å². The summed E-state index contributed by atoms with van der Waals surface area (Å²) in [7, 11) is -0.168. The Morgan fingerprint density at radius 3 is 2.29 bits per heavy atom. The third kappa shape index (κ3) is 3.81. The lowest BCUT2D eigenvalue weighted by molar-refractivity contribution is 0.474. The van der Waals surface area contributed by atoms with E-state index in [1.807, 2.05) is 31.3 Å². The highest BCUT2D eigenvalue weighted by molar-refractivity contribution is 7.89. The molecule has 0 saturated heterocycles. The van der Waals surface area contributed by atoms with Gasteiger partial charge in [-0.25, -0.2) is 13.1 Å². The van der Waals surface area contributed by atoms with E-state index in [0.717, 1.165) is 11.3 Å². The maximum Gasteiger partial charge on any atom is 0.240 e. The molecule has 0 aliphatic heterocycles. The fourth-order valence-electron chi connectivity index (χ4n) is 1.87. The van der Waals surface area contributed by atoms with Gasteiger partial charge in [-0.15, -0.1) is 0 Å². The van der Waals surface area contributed by atoms with Crippen LogP contribution in [0.5, 0.6) is 11.5 Å². The summed E-state index contributed by atoms with van der Waals surface area (Å²) in [6, 6.07) is 14.0. The maximum atomic E-state index is 11.6. The van der Waals surface area contributed by atoms with Crippen LogP contribution >= 0.6 is 0 Å². The van der Waals surface area contributed by atoms with Gasteiger partial charge in [0.2, 0.25) is 10.0 Å². The molecule has 0 bridgehead atoms. The van der Waals surface area contributed by atoms with Gasteiger partial charge in [-0.3, -0.25) is 0 Å². The SMILES string of the molecule is CNCc1ccccc1Oc1ccc(S(=O)(=O)NC)cc1. The van der Waals surface area contributed by atoms with Crippen molar-refractivity contribution in [3.8, 4) is 11.5 Å². The van der Waals surface area contributed by atoms with Crippen LogP contribution < -0.4 is 14.8 Å². The summed E-state index contributed by atoms with van der Waals surface area (Å²) in [4.78, 5) is 0.209. The van der Waals surface area contributed by atoms with Gasteiger partial charge in [0.05, 0.1) is 4.90 Å². The Labute approximate surface area is 125 Å². The van der Waals surface area contributed by atoms with Gasteiger partial charge in [-0.05, 0) is 44.4 Å². The third-order valence-electron chi connectivity index (χ3n) is 2.97. The highest BCUT2D eigenvalue weighted by Gasteiger charge is 2.11. The first kappa shape index (κ1) is 15.5. The molecule has 0 heterocycles. The minimum absolute atomic E-state index is 0.209. The number of hydrogen-bond donors (Lipinski definition) is 2. The number of rotatable bonds is 6. The van der Waals surface area contributed by atoms with Crippen molar-refractivity contribution in [3.05, 3.63) is 54.1 Å². The Balaban J connectivity index is 2.22. The normalized spacial score (nSPS) is 11.3. The topological polar surface area (TPSA) is 67.4 Å². The van der Waals surface area contributed by atoms with Gasteiger partial charge in [0.15, 0.2) is 0 Å². The molecule has 0 aliphatic rings. The van der Waals surface area contributed by atoms with Crippen molar-refractivity contribution in [1.29, 1.82) is 0 Å². The fraction of sp³-hybridized carbons (Fsp3) is 0.200. The molecule has 0 amide bonds. The van der Waals surface area contributed by atoms with Gasteiger partial charge in [-0.1, -0.05) is 18.2 Å². The van der Waals surface area contributed by atoms with E-state index in [1.165, 1.54) is 19.2 Å². The van der Waals surface area contributed by atoms with Crippen LogP contribution in [0.4, 0.5) is 0 Å². The number of benzene rings is 2. The second-order valence-electron chi connectivity index (χ2n) is 4.42. The first-order chi connectivity index (χ1) is 10.1. The summed E-state index contributed by atoms with van der Waals surface area (Å²) >= 11 is 0. The largest absolute Gasteiger partial charge is 0.457 e. The zero-order valence-electron chi connectivity index (χ0n) is 12.0. The van der Waals surface area contributed by atoms with Crippen molar-refractivity contribution in [1.82, 2.24) is 10.0 Å². The van der Waals surface area contributed by atoms with Crippen LogP contribution in [-0.4, -0.2) is 22.5 Å². The van der Waals surface area contributed by atoms with Gasteiger partial charge >= 0.3 is 0 Å². The Hall–Kier alpha value is -1.89. The average Bonchev–Trinajstić information content (AvgIpc) is 2.50. The standard InChI is InChI=1S/C15H18N2O3S/c1-16-11-12-5-3-4-6-15(12)20-13-7-9-14(10-8-13)21(18,19)17-2/h3-10,16-17H,11H2,1-2H3. The van der Waals surface area contributed by atoms with E-state index >= 15 is 0 Å². The molecule has 0 unspecified atom stereocenters. The molecule has 0 fully saturated rings. The molecule has 112 valence electrons. The molecule has 0 aromatic heterocycles. The molecule has 5 nitrogen and oxygen atoms in total. The zero-order chi connectivity index (χ0) is 15.3. The smallest absolute Gasteiger partial charge is 0.240 e. The van der Waals surface area contributed by atoms with Crippen molar-refractivity contribution in [2.75, 3.05) is 14.1 Å². The number of para-hydroxylation sites is 1. The van der Waals surface area contributed by atoms with Crippen molar-refractivity contribution in [2.24, 2.45) is 0 Å². The predicted octanol–water partition coefficient (Wildman–Crippen LogP) is 2.11. The Morgan fingerprint density at radius 1 is 1.00 bits per heavy atom. The Bertz CT molecular complexity index is 697. The molecule has 0 saturated carbocycles. The molecule has 21 heavy (non-hydrogen) atoms. The van der Waals surface area contributed by atoms with E-state index in [9.17, 15) is 8.42 Å². The van der Waals surface area contributed by atoms with Crippen molar-refractivity contribution >= 4 is 10.0 Å². The molecule has 0 aliphatic carbocycles. The highest BCUT2D eigenvalue weighted by atomic mass is 32.2. The Kier molecular flexibility index (Phi) is 4.95. The summed E-state index contributed by atoms with van der Waals surface area (Å²) in [5.74, 6) is 1.34. The molecule has 2 aromatic carbocycles. The van der Waals surface area contributed by atoms with Crippen LogP contribution in [0.1, 0.15) is 5.56 Å². The Morgan fingerprint density at radius 2 is 1.67 bits per heavy atom. The first-order valence-electron chi connectivity index (χ1n) is 6.51. The number of hydrogen-bond acceptors (Lipinski definition) is 4. The summed E-state index contributed by atoms with van der Waals surface area (Å²) < 4.78 is 31.4. The number of nitrogens with one attached hydrogen (secondary N) is 2. The molecule has 0 radical (unpaired) electrons. The molecular weight excluding hydrogens is 288 g/mol. The fourth-order valence-corrected chi connectivity index (χ4v) is 2.60. The molecule has 2 aromatic rings. The molecule has 2 N–H and O–H groups in total.